The van der Waals surface area contributed by atoms with Crippen LogP contribution >= 0.6 is 23.2 Å². The van der Waals surface area contributed by atoms with Crippen LogP contribution < -0.4 is 10.6 Å². The van der Waals surface area contributed by atoms with Crippen LogP contribution in [0.4, 0.5) is 20.2 Å². The summed E-state index contributed by atoms with van der Waals surface area (Å²) >= 11 is 12.6. The van der Waals surface area contributed by atoms with E-state index in [1.807, 2.05) is 24.5 Å². The van der Waals surface area contributed by atoms with Crippen molar-refractivity contribution in [2.75, 3.05) is 51.9 Å². The maximum atomic E-state index is 15.0. The van der Waals surface area contributed by atoms with E-state index in [1.165, 1.54) is 24.3 Å². The molecule has 4 heterocycles. The monoisotopic (exact) mass is 936 g/mol. The van der Waals surface area contributed by atoms with Crippen LogP contribution in [0.15, 0.2) is 60.9 Å². The highest BCUT2D eigenvalue weighted by molar-refractivity contribution is 6.32. The number of anilines is 2. The quantitative estimate of drug-likeness (QED) is 0.0823. The second-order valence-electron chi connectivity index (χ2n) is 19.4. The molecule has 15 heteroatoms. The summed E-state index contributed by atoms with van der Waals surface area (Å²) in [7, 11) is 8.45. The van der Waals surface area contributed by atoms with Gasteiger partial charge in [0.1, 0.15) is 17.3 Å². The molecule has 0 bridgehead atoms. The Hall–Kier alpha value is -5.21. The fourth-order valence-corrected chi connectivity index (χ4v) is 11.3. The molecule has 3 fully saturated rings. The summed E-state index contributed by atoms with van der Waals surface area (Å²) < 4.78 is 29.9. The minimum absolute atomic E-state index is 0.115. The summed E-state index contributed by atoms with van der Waals surface area (Å²) in [6.07, 6.45) is 13.8. The summed E-state index contributed by atoms with van der Waals surface area (Å²) in [5.41, 5.74) is 6.68. The van der Waals surface area contributed by atoms with E-state index in [4.69, 9.17) is 43.1 Å². The number of carbonyl (C=O) groups excluding carboxylic acids is 1. The van der Waals surface area contributed by atoms with E-state index in [0.29, 0.717) is 69.3 Å². The zero-order chi connectivity index (χ0) is 46.4. The van der Waals surface area contributed by atoms with Gasteiger partial charge in [0, 0.05) is 71.2 Å². The highest BCUT2D eigenvalue weighted by atomic mass is 35.5. The van der Waals surface area contributed by atoms with E-state index in [2.05, 4.69) is 48.6 Å². The molecule has 0 saturated heterocycles. The van der Waals surface area contributed by atoms with Gasteiger partial charge in [-0.15, -0.1) is 0 Å². The van der Waals surface area contributed by atoms with Gasteiger partial charge in [0.05, 0.1) is 43.8 Å². The molecule has 4 N–H and O–H groups in total. The molecule has 0 unspecified atom stereocenters. The molecule has 6 aromatic rings. The normalized spacial score (nSPS) is 23.3. The molecule has 2 aromatic carbocycles. The van der Waals surface area contributed by atoms with Crippen molar-refractivity contribution >= 4 is 62.9 Å². The van der Waals surface area contributed by atoms with Crippen molar-refractivity contribution in [3.63, 3.8) is 0 Å². The first-order valence-electron chi connectivity index (χ1n) is 22.9. The third kappa shape index (κ3) is 9.11. The molecule has 0 atom stereocenters. The number of hydrogen-bond donors (Lipinski definition) is 4. The zero-order valence-electron chi connectivity index (χ0n) is 37.7. The van der Waals surface area contributed by atoms with E-state index < -0.39 is 28.5 Å². The molecule has 0 spiro atoms. The Kier molecular flexibility index (Phi) is 13.1. The largest absolute Gasteiger partial charge is 0.504 e. The first kappa shape index (κ1) is 45.9. The Morgan fingerprint density at radius 2 is 1.08 bits per heavy atom. The van der Waals surface area contributed by atoms with Crippen LogP contribution in [0.2, 0.25) is 10.0 Å². The van der Waals surface area contributed by atoms with Gasteiger partial charge in [0.15, 0.2) is 23.1 Å². The molecule has 3 saturated carbocycles. The Morgan fingerprint density at radius 3 is 1.44 bits per heavy atom. The van der Waals surface area contributed by atoms with E-state index in [1.54, 1.807) is 12.1 Å². The van der Waals surface area contributed by atoms with Crippen molar-refractivity contribution in [3.8, 4) is 34.0 Å². The Morgan fingerprint density at radius 1 is 0.667 bits per heavy atom. The number of nitrogens with one attached hydrogen (secondary N) is 2. The number of rotatable bonds is 13. The van der Waals surface area contributed by atoms with Crippen molar-refractivity contribution < 1.29 is 23.8 Å². The third-order valence-electron chi connectivity index (χ3n) is 14.1. The van der Waals surface area contributed by atoms with Gasteiger partial charge in [-0.25, -0.2) is 18.7 Å². The number of nitrogens with zero attached hydrogens (tertiary/aromatic N) is 6. The maximum absolute atomic E-state index is 15.0. The molecule has 9 rings (SSSR count). The lowest BCUT2D eigenvalue weighted by Gasteiger charge is -2.48. The number of pyridine rings is 4. The minimum Gasteiger partial charge on any atom is -0.504 e. The second-order valence-corrected chi connectivity index (χ2v) is 20.2. The number of aldehydes is 1. The van der Waals surface area contributed by atoms with Crippen LogP contribution in [0.1, 0.15) is 75.3 Å². The number of benzene rings is 2. The van der Waals surface area contributed by atoms with E-state index in [-0.39, 0.29) is 28.0 Å². The Balaban J connectivity index is 1.23. The average Bonchev–Trinajstić information content (AvgIpc) is 3.28. The number of halogens is 4. The Bertz CT molecular complexity index is 2560. The van der Waals surface area contributed by atoms with Crippen molar-refractivity contribution in [1.29, 1.82) is 0 Å². The van der Waals surface area contributed by atoms with Gasteiger partial charge < -0.3 is 35.4 Å². The molecular formula is C51H56Cl2F2N8O3. The number of hydrogen-bond acceptors (Lipinski definition) is 11. The molecule has 66 heavy (non-hydrogen) atoms. The standard InChI is InChI=1S/C51H56Cl2F2N8O3/c1-62(2)25-28-5-9-33(10-6-28)58-45-35(23-56-43-15-13-41(60-47(43)45)31-17-37(52)49(65)39(54)19-31)51(21-30(22-51)27-64)36-24-57-44-16-14-42(32-18-38(53)50(66)40(55)20-32)61-48(44)46(36)59-34-11-7-29(8-12-34)26-63(3)4/h13-20,23-24,27-30,33-34,65-66H,5-12,21-22,25-26H2,1-4H3,(H,56,58)(H,57,59). The predicted molar refractivity (Wildman–Crippen MR) is 259 cm³/mol. The van der Waals surface area contributed by atoms with E-state index >= 15 is 0 Å². The summed E-state index contributed by atoms with van der Waals surface area (Å²) in [5, 5.41) is 28.1. The number of aromatic hydroxyl groups is 2. The fourth-order valence-electron chi connectivity index (χ4n) is 10.8. The lowest BCUT2D eigenvalue weighted by molar-refractivity contribution is -0.114. The third-order valence-corrected chi connectivity index (χ3v) is 14.7. The molecule has 0 aliphatic heterocycles. The molecular weight excluding hydrogens is 882 g/mol. The topological polar surface area (TPSA) is 140 Å². The van der Waals surface area contributed by atoms with Gasteiger partial charge in [-0.1, -0.05) is 23.2 Å². The highest BCUT2D eigenvalue weighted by Crippen LogP contribution is 2.57. The minimum atomic E-state index is -0.849. The molecule has 11 nitrogen and oxygen atoms in total. The van der Waals surface area contributed by atoms with Gasteiger partial charge in [0.2, 0.25) is 0 Å². The van der Waals surface area contributed by atoms with Gasteiger partial charge >= 0.3 is 0 Å². The number of aromatic nitrogens is 4. The molecule has 346 valence electrons. The summed E-state index contributed by atoms with van der Waals surface area (Å²) in [6.45, 7) is 2.05. The number of carbonyl (C=O) groups is 1. The van der Waals surface area contributed by atoms with Gasteiger partial charge in [0.25, 0.3) is 0 Å². The number of phenolic OH excluding ortho intramolecular Hbond substituents is 2. The SMILES string of the molecule is CN(C)CC1CCC(Nc2c(C3(c4cnc5ccc(-c6cc(F)c(O)c(Cl)c6)nc5c4NC4CCC(CN(C)C)CC4)CC(C=O)C3)cnc3ccc(-c4cc(F)c(O)c(Cl)c4)nc23)CC1. The zero-order valence-corrected chi connectivity index (χ0v) is 39.2. The molecule has 0 radical (unpaired) electrons. The summed E-state index contributed by atoms with van der Waals surface area (Å²) in [5.74, 6) is -2.02. The molecule has 3 aliphatic rings. The first-order chi connectivity index (χ1) is 31.7. The number of fused-ring (bicyclic) bond motifs is 2. The lowest BCUT2D eigenvalue weighted by Crippen LogP contribution is -2.45. The number of phenols is 2. The summed E-state index contributed by atoms with van der Waals surface area (Å²) in [6, 6.07) is 13.0. The van der Waals surface area contributed by atoms with Crippen LogP contribution in [0.5, 0.6) is 11.5 Å². The van der Waals surface area contributed by atoms with Crippen LogP contribution in [0.3, 0.4) is 0 Å². The van der Waals surface area contributed by atoms with Crippen molar-refractivity contribution in [1.82, 2.24) is 29.7 Å². The van der Waals surface area contributed by atoms with Crippen molar-refractivity contribution in [2.45, 2.75) is 81.7 Å². The fraction of sp³-hybridized carbons (Fsp3) is 0.431. The van der Waals surface area contributed by atoms with Crippen LogP contribution in [0, 0.1) is 29.4 Å². The van der Waals surface area contributed by atoms with Gasteiger partial charge in [-0.3, -0.25) is 9.97 Å². The van der Waals surface area contributed by atoms with Crippen LogP contribution in [0.25, 0.3) is 44.6 Å². The van der Waals surface area contributed by atoms with Gasteiger partial charge in [-0.2, -0.15) is 0 Å². The highest BCUT2D eigenvalue weighted by Gasteiger charge is 2.51. The molecule has 3 aliphatic carbocycles. The predicted octanol–water partition coefficient (Wildman–Crippen LogP) is 10.9. The first-order valence-corrected chi connectivity index (χ1v) is 23.7. The smallest absolute Gasteiger partial charge is 0.170 e. The lowest BCUT2D eigenvalue weighted by atomic mass is 9.55. The Labute approximate surface area is 394 Å². The molecule has 4 aromatic heterocycles. The van der Waals surface area contributed by atoms with Crippen LogP contribution in [-0.2, 0) is 10.2 Å². The van der Waals surface area contributed by atoms with E-state index in [9.17, 15) is 23.8 Å². The van der Waals surface area contributed by atoms with Gasteiger partial charge in [-0.05, 0) is 153 Å². The van der Waals surface area contributed by atoms with Crippen molar-refractivity contribution in [3.05, 3.63) is 93.7 Å². The van der Waals surface area contributed by atoms with E-state index in [0.717, 1.165) is 93.2 Å². The van der Waals surface area contributed by atoms with Crippen molar-refractivity contribution in [2.24, 2.45) is 17.8 Å². The van der Waals surface area contributed by atoms with Crippen LogP contribution in [-0.4, -0.2) is 99.6 Å². The maximum Gasteiger partial charge on any atom is 0.170 e. The average molecular weight is 938 g/mol. The summed E-state index contributed by atoms with van der Waals surface area (Å²) in [4.78, 5) is 37.7. The second kappa shape index (κ2) is 18.8. The molecule has 0 amide bonds.